The highest BCUT2D eigenvalue weighted by Crippen LogP contribution is 2.25. The van der Waals surface area contributed by atoms with Crippen molar-refractivity contribution in [2.45, 2.75) is 44.7 Å². The number of hydrogen-bond acceptors (Lipinski definition) is 3. The van der Waals surface area contributed by atoms with E-state index in [1.165, 1.54) is 0 Å². The van der Waals surface area contributed by atoms with Crippen LogP contribution < -0.4 is 11.1 Å². The van der Waals surface area contributed by atoms with Gasteiger partial charge in [-0.25, -0.2) is 0 Å². The number of nitrogens with one attached hydrogen (secondary N) is 1. The van der Waals surface area contributed by atoms with Gasteiger partial charge in [0.25, 0.3) is 0 Å². The van der Waals surface area contributed by atoms with Gasteiger partial charge < -0.3 is 16.0 Å². The van der Waals surface area contributed by atoms with Gasteiger partial charge in [0, 0.05) is 25.0 Å². The largest absolute Gasteiger partial charge is 0.370 e. The number of nitrogens with two attached hydrogens (primary N) is 1. The van der Waals surface area contributed by atoms with Crippen molar-refractivity contribution >= 4 is 11.8 Å². The van der Waals surface area contributed by atoms with Gasteiger partial charge in [0.2, 0.25) is 11.8 Å². The summed E-state index contributed by atoms with van der Waals surface area (Å²) in [4.78, 5) is 24.3. The van der Waals surface area contributed by atoms with E-state index in [4.69, 9.17) is 5.73 Å². The van der Waals surface area contributed by atoms with Crippen LogP contribution in [0.15, 0.2) is 0 Å². The Kier molecular flexibility index (Phi) is 3.91. The lowest BCUT2D eigenvalue weighted by atomic mass is 10.0. The van der Waals surface area contributed by atoms with Gasteiger partial charge in [0.15, 0.2) is 0 Å². The molecule has 1 rings (SSSR count). The van der Waals surface area contributed by atoms with Crippen molar-refractivity contribution in [1.29, 1.82) is 0 Å². The molecule has 0 unspecified atom stereocenters. The molecular weight excluding hydrogens is 206 g/mol. The van der Waals surface area contributed by atoms with Crippen LogP contribution in [-0.4, -0.2) is 41.9 Å². The monoisotopic (exact) mass is 227 g/mol. The lowest BCUT2D eigenvalue weighted by Gasteiger charge is -2.26. The van der Waals surface area contributed by atoms with Gasteiger partial charge in [-0.05, 0) is 26.7 Å². The molecule has 1 fully saturated rings. The number of nitrogens with zero attached hydrogens (tertiary/aromatic N) is 1. The molecule has 5 nitrogen and oxygen atoms in total. The van der Waals surface area contributed by atoms with E-state index in [0.29, 0.717) is 6.04 Å². The molecule has 0 aliphatic heterocycles. The SMILES string of the molecule is CN(C(=O)CNC(C)(C)CC(N)=O)C1CC1. The second-order valence-electron chi connectivity index (χ2n) is 5.12. The highest BCUT2D eigenvalue weighted by atomic mass is 16.2. The third-order valence-electron chi connectivity index (χ3n) is 2.82. The summed E-state index contributed by atoms with van der Waals surface area (Å²) in [5, 5.41) is 3.06. The van der Waals surface area contributed by atoms with Crippen LogP contribution in [0, 0.1) is 0 Å². The molecule has 0 aromatic heterocycles. The standard InChI is InChI=1S/C11H21N3O2/c1-11(2,6-9(12)15)13-7-10(16)14(3)8-4-5-8/h8,13H,4-7H2,1-3H3,(H2,12,15). The number of amides is 2. The minimum atomic E-state index is -0.425. The maximum Gasteiger partial charge on any atom is 0.236 e. The lowest BCUT2D eigenvalue weighted by Crippen LogP contribution is -2.47. The molecule has 1 saturated carbocycles. The minimum absolute atomic E-state index is 0.0695. The van der Waals surface area contributed by atoms with Crippen LogP contribution in [0.5, 0.6) is 0 Å². The molecule has 0 radical (unpaired) electrons. The summed E-state index contributed by atoms with van der Waals surface area (Å²) in [5.41, 5.74) is 4.70. The van der Waals surface area contributed by atoms with Crippen molar-refractivity contribution < 1.29 is 9.59 Å². The van der Waals surface area contributed by atoms with Crippen molar-refractivity contribution in [2.24, 2.45) is 5.73 Å². The number of carbonyl (C=O) groups excluding carboxylic acids is 2. The summed E-state index contributed by atoms with van der Waals surface area (Å²) in [6.07, 6.45) is 2.44. The quantitative estimate of drug-likeness (QED) is 0.662. The molecule has 0 aromatic carbocycles. The normalized spacial score (nSPS) is 15.9. The zero-order chi connectivity index (χ0) is 12.3. The van der Waals surface area contributed by atoms with Gasteiger partial charge in [0.05, 0.1) is 6.54 Å². The number of likely N-dealkylation sites (N-methyl/N-ethyl adjacent to an activating group) is 1. The molecule has 0 bridgehead atoms. The molecule has 16 heavy (non-hydrogen) atoms. The second-order valence-corrected chi connectivity index (χ2v) is 5.12. The predicted octanol–water partition coefficient (Wildman–Crippen LogP) is -0.149. The first-order valence-corrected chi connectivity index (χ1v) is 5.61. The van der Waals surface area contributed by atoms with Crippen molar-refractivity contribution in [2.75, 3.05) is 13.6 Å². The Labute approximate surface area is 96.4 Å². The molecule has 0 aromatic rings. The number of primary amides is 1. The fourth-order valence-corrected chi connectivity index (χ4v) is 1.60. The van der Waals surface area contributed by atoms with E-state index in [9.17, 15) is 9.59 Å². The molecule has 92 valence electrons. The molecule has 0 heterocycles. The molecule has 0 saturated heterocycles. The molecule has 3 N–H and O–H groups in total. The average Bonchev–Trinajstić information content (AvgIpc) is 2.94. The predicted molar refractivity (Wildman–Crippen MR) is 61.7 cm³/mol. The summed E-state index contributed by atoms with van der Waals surface area (Å²) < 4.78 is 0. The maximum absolute atomic E-state index is 11.7. The zero-order valence-electron chi connectivity index (χ0n) is 10.2. The number of carbonyl (C=O) groups is 2. The number of hydrogen-bond donors (Lipinski definition) is 2. The Hall–Kier alpha value is -1.10. The van der Waals surface area contributed by atoms with Crippen LogP contribution in [0.1, 0.15) is 33.1 Å². The van der Waals surface area contributed by atoms with E-state index >= 15 is 0 Å². The first-order valence-electron chi connectivity index (χ1n) is 5.61. The van der Waals surface area contributed by atoms with Gasteiger partial charge >= 0.3 is 0 Å². The average molecular weight is 227 g/mol. The summed E-state index contributed by atoms with van der Waals surface area (Å²) in [6, 6.07) is 0.425. The molecule has 2 amide bonds. The third-order valence-corrected chi connectivity index (χ3v) is 2.82. The van der Waals surface area contributed by atoms with Gasteiger partial charge in [-0.15, -0.1) is 0 Å². The van der Waals surface area contributed by atoms with Crippen molar-refractivity contribution in [1.82, 2.24) is 10.2 Å². The highest BCUT2D eigenvalue weighted by Gasteiger charge is 2.30. The summed E-state index contributed by atoms with van der Waals surface area (Å²) in [5.74, 6) is -0.291. The maximum atomic E-state index is 11.7. The summed E-state index contributed by atoms with van der Waals surface area (Å²) in [6.45, 7) is 3.98. The third kappa shape index (κ3) is 4.18. The molecule has 1 aliphatic rings. The highest BCUT2D eigenvalue weighted by molar-refractivity contribution is 5.79. The zero-order valence-corrected chi connectivity index (χ0v) is 10.2. The first-order chi connectivity index (χ1) is 7.32. The van der Waals surface area contributed by atoms with Crippen LogP contribution in [-0.2, 0) is 9.59 Å². The minimum Gasteiger partial charge on any atom is -0.370 e. The van der Waals surface area contributed by atoms with E-state index in [2.05, 4.69) is 5.32 Å². The van der Waals surface area contributed by atoms with Crippen molar-refractivity contribution in [3.8, 4) is 0 Å². The van der Waals surface area contributed by atoms with Crippen LogP contribution in [0.3, 0.4) is 0 Å². The Morgan fingerprint density at radius 1 is 1.44 bits per heavy atom. The molecular formula is C11H21N3O2. The Balaban J connectivity index is 2.31. The Morgan fingerprint density at radius 2 is 2.00 bits per heavy atom. The Morgan fingerprint density at radius 3 is 2.44 bits per heavy atom. The van der Waals surface area contributed by atoms with E-state index < -0.39 is 5.54 Å². The van der Waals surface area contributed by atoms with E-state index in [1.807, 2.05) is 20.9 Å². The van der Waals surface area contributed by atoms with E-state index in [-0.39, 0.29) is 24.8 Å². The smallest absolute Gasteiger partial charge is 0.236 e. The fraction of sp³-hybridized carbons (Fsp3) is 0.818. The molecule has 0 atom stereocenters. The van der Waals surface area contributed by atoms with Crippen molar-refractivity contribution in [3.05, 3.63) is 0 Å². The molecule has 5 heteroatoms. The second kappa shape index (κ2) is 4.82. The van der Waals surface area contributed by atoms with Crippen LogP contribution in [0.25, 0.3) is 0 Å². The van der Waals surface area contributed by atoms with Crippen LogP contribution in [0.4, 0.5) is 0 Å². The Bertz CT molecular complexity index is 285. The van der Waals surface area contributed by atoms with Gasteiger partial charge in [-0.3, -0.25) is 9.59 Å². The number of rotatable bonds is 6. The first kappa shape index (κ1) is 13.0. The van der Waals surface area contributed by atoms with Crippen LogP contribution >= 0.6 is 0 Å². The van der Waals surface area contributed by atoms with E-state index in [0.717, 1.165) is 12.8 Å². The van der Waals surface area contributed by atoms with Crippen LogP contribution in [0.2, 0.25) is 0 Å². The summed E-state index contributed by atoms with van der Waals surface area (Å²) in [7, 11) is 1.82. The topological polar surface area (TPSA) is 75.4 Å². The molecule has 1 aliphatic carbocycles. The van der Waals surface area contributed by atoms with Gasteiger partial charge in [0.1, 0.15) is 0 Å². The van der Waals surface area contributed by atoms with Gasteiger partial charge in [-0.2, -0.15) is 0 Å². The van der Waals surface area contributed by atoms with E-state index in [1.54, 1.807) is 4.90 Å². The van der Waals surface area contributed by atoms with Crippen molar-refractivity contribution in [3.63, 3.8) is 0 Å². The summed E-state index contributed by atoms with van der Waals surface area (Å²) >= 11 is 0. The molecule has 0 spiro atoms. The lowest BCUT2D eigenvalue weighted by molar-refractivity contribution is -0.130. The fourth-order valence-electron chi connectivity index (χ4n) is 1.60. The van der Waals surface area contributed by atoms with Gasteiger partial charge in [-0.1, -0.05) is 0 Å².